The second-order valence-corrected chi connectivity index (χ2v) is 6.59. The number of hydrogen-bond donors (Lipinski definition) is 3. The second kappa shape index (κ2) is 8.37. The summed E-state index contributed by atoms with van der Waals surface area (Å²) in [5, 5.41) is 8.02. The average Bonchev–Trinajstić information content (AvgIpc) is 3.10. The highest BCUT2D eigenvalue weighted by Gasteiger charge is 2.22. The van der Waals surface area contributed by atoms with E-state index in [4.69, 9.17) is 4.42 Å². The lowest BCUT2D eigenvalue weighted by Crippen LogP contribution is -2.44. The number of benzene rings is 1. The molecule has 0 bridgehead atoms. The van der Waals surface area contributed by atoms with Crippen LogP contribution in [0.5, 0.6) is 0 Å². The van der Waals surface area contributed by atoms with Gasteiger partial charge < -0.3 is 20.4 Å². The molecule has 2 rings (SSSR count). The van der Waals surface area contributed by atoms with Gasteiger partial charge in [-0.15, -0.1) is 0 Å². The van der Waals surface area contributed by atoms with Gasteiger partial charge in [0.1, 0.15) is 5.76 Å². The fourth-order valence-corrected chi connectivity index (χ4v) is 2.61. The largest absolute Gasteiger partial charge is 0.467 e. The lowest BCUT2D eigenvalue weighted by Gasteiger charge is -2.27. The SMILES string of the molecule is Cc1ccccc1C(C)(C)CNC(=O)CNC(=O)NCc1ccco1. The summed E-state index contributed by atoms with van der Waals surface area (Å²) in [5.41, 5.74) is 2.19. The van der Waals surface area contributed by atoms with Crippen LogP contribution in [0.15, 0.2) is 47.1 Å². The minimum atomic E-state index is -0.412. The molecule has 3 N–H and O–H groups in total. The smallest absolute Gasteiger partial charge is 0.315 e. The molecule has 0 aliphatic rings. The molecule has 134 valence electrons. The van der Waals surface area contributed by atoms with Gasteiger partial charge in [-0.3, -0.25) is 4.79 Å². The van der Waals surface area contributed by atoms with E-state index < -0.39 is 6.03 Å². The summed E-state index contributed by atoms with van der Waals surface area (Å²) in [6.07, 6.45) is 1.54. The highest BCUT2D eigenvalue weighted by molar-refractivity contribution is 5.83. The fourth-order valence-electron chi connectivity index (χ4n) is 2.61. The Hall–Kier alpha value is -2.76. The van der Waals surface area contributed by atoms with Gasteiger partial charge in [0.2, 0.25) is 5.91 Å². The molecule has 0 spiro atoms. The fraction of sp³-hybridized carbons (Fsp3) is 0.368. The van der Waals surface area contributed by atoms with Gasteiger partial charge in [-0.05, 0) is 30.2 Å². The summed E-state index contributed by atoms with van der Waals surface area (Å²) < 4.78 is 5.12. The van der Waals surface area contributed by atoms with Gasteiger partial charge in [0, 0.05) is 12.0 Å². The van der Waals surface area contributed by atoms with Crippen molar-refractivity contribution in [3.05, 3.63) is 59.5 Å². The van der Waals surface area contributed by atoms with E-state index in [9.17, 15) is 9.59 Å². The maximum Gasteiger partial charge on any atom is 0.315 e. The van der Waals surface area contributed by atoms with Crippen molar-refractivity contribution < 1.29 is 14.0 Å². The molecule has 0 fully saturated rings. The van der Waals surface area contributed by atoms with E-state index in [1.54, 1.807) is 18.4 Å². The average molecular weight is 343 g/mol. The molecule has 0 aliphatic heterocycles. The van der Waals surface area contributed by atoms with E-state index in [1.807, 2.05) is 12.1 Å². The van der Waals surface area contributed by atoms with Crippen LogP contribution < -0.4 is 16.0 Å². The molecule has 1 heterocycles. The van der Waals surface area contributed by atoms with Crippen LogP contribution in [0.1, 0.15) is 30.7 Å². The van der Waals surface area contributed by atoms with Gasteiger partial charge in [-0.1, -0.05) is 38.1 Å². The van der Waals surface area contributed by atoms with Gasteiger partial charge in [0.15, 0.2) is 0 Å². The third-order valence-electron chi connectivity index (χ3n) is 4.01. The van der Waals surface area contributed by atoms with Crippen LogP contribution in [0.3, 0.4) is 0 Å². The second-order valence-electron chi connectivity index (χ2n) is 6.59. The van der Waals surface area contributed by atoms with E-state index in [-0.39, 0.29) is 24.4 Å². The summed E-state index contributed by atoms with van der Waals surface area (Å²) in [5.74, 6) is 0.425. The Morgan fingerprint density at radius 2 is 1.80 bits per heavy atom. The van der Waals surface area contributed by atoms with E-state index in [0.717, 1.165) is 0 Å². The van der Waals surface area contributed by atoms with Crippen molar-refractivity contribution >= 4 is 11.9 Å². The number of urea groups is 1. The molecule has 1 aromatic carbocycles. The quantitative estimate of drug-likeness (QED) is 0.722. The Labute approximate surface area is 148 Å². The van der Waals surface area contributed by atoms with Crippen LogP contribution in [0, 0.1) is 6.92 Å². The molecule has 2 aromatic rings. The molecule has 6 heteroatoms. The molecule has 0 saturated heterocycles. The van der Waals surface area contributed by atoms with Gasteiger partial charge in [0.05, 0.1) is 19.4 Å². The normalized spacial score (nSPS) is 11.0. The molecule has 0 saturated carbocycles. The first-order valence-electron chi connectivity index (χ1n) is 8.25. The Bertz CT molecular complexity index is 708. The van der Waals surface area contributed by atoms with Gasteiger partial charge in [0.25, 0.3) is 0 Å². The first-order valence-corrected chi connectivity index (χ1v) is 8.25. The van der Waals surface area contributed by atoms with Crippen molar-refractivity contribution in [1.82, 2.24) is 16.0 Å². The lowest BCUT2D eigenvalue weighted by atomic mass is 9.82. The van der Waals surface area contributed by atoms with Crippen LogP contribution in [0.2, 0.25) is 0 Å². The Morgan fingerprint density at radius 1 is 1.04 bits per heavy atom. The van der Waals surface area contributed by atoms with Crippen molar-refractivity contribution in [3.63, 3.8) is 0 Å². The van der Waals surface area contributed by atoms with Crippen LogP contribution in [-0.4, -0.2) is 25.0 Å². The zero-order chi connectivity index (χ0) is 18.3. The molecule has 0 aliphatic carbocycles. The Kier molecular flexibility index (Phi) is 6.22. The molecule has 3 amide bonds. The maximum atomic E-state index is 12.0. The number of aryl methyl sites for hydroxylation is 1. The number of amides is 3. The van der Waals surface area contributed by atoms with Crippen LogP contribution in [0.4, 0.5) is 4.79 Å². The number of carbonyl (C=O) groups excluding carboxylic acids is 2. The molecular formula is C19H25N3O3. The van der Waals surface area contributed by atoms with Gasteiger partial charge in [-0.2, -0.15) is 0 Å². The van der Waals surface area contributed by atoms with Crippen LogP contribution in [-0.2, 0) is 16.8 Å². The number of furan rings is 1. The molecule has 0 radical (unpaired) electrons. The van der Waals surface area contributed by atoms with Crippen molar-refractivity contribution in [3.8, 4) is 0 Å². The summed E-state index contributed by atoms with van der Waals surface area (Å²) in [4.78, 5) is 23.6. The highest BCUT2D eigenvalue weighted by Crippen LogP contribution is 2.25. The number of nitrogens with one attached hydrogen (secondary N) is 3. The maximum absolute atomic E-state index is 12.0. The summed E-state index contributed by atoms with van der Waals surface area (Å²) in [6, 6.07) is 11.2. The van der Waals surface area contributed by atoms with E-state index in [2.05, 4.69) is 48.9 Å². The Morgan fingerprint density at radius 3 is 2.48 bits per heavy atom. The van der Waals surface area contributed by atoms with Gasteiger partial charge in [-0.25, -0.2) is 4.79 Å². The molecular weight excluding hydrogens is 318 g/mol. The third kappa shape index (κ3) is 5.67. The number of rotatable bonds is 7. The van der Waals surface area contributed by atoms with Crippen molar-refractivity contribution in [2.75, 3.05) is 13.1 Å². The number of carbonyl (C=O) groups is 2. The topological polar surface area (TPSA) is 83.4 Å². The monoisotopic (exact) mass is 343 g/mol. The summed E-state index contributed by atoms with van der Waals surface area (Å²) in [7, 11) is 0. The molecule has 0 unspecified atom stereocenters. The first-order chi connectivity index (χ1) is 11.9. The third-order valence-corrected chi connectivity index (χ3v) is 4.01. The van der Waals surface area contributed by atoms with Crippen LogP contribution >= 0.6 is 0 Å². The predicted molar refractivity (Wildman–Crippen MR) is 96.2 cm³/mol. The van der Waals surface area contributed by atoms with Crippen molar-refractivity contribution in [2.45, 2.75) is 32.7 Å². The molecule has 0 atom stereocenters. The predicted octanol–water partition coefficient (Wildman–Crippen LogP) is 2.48. The summed E-state index contributed by atoms with van der Waals surface area (Å²) >= 11 is 0. The Balaban J connectivity index is 1.73. The molecule has 1 aromatic heterocycles. The zero-order valence-electron chi connectivity index (χ0n) is 14.9. The van der Waals surface area contributed by atoms with Gasteiger partial charge >= 0.3 is 6.03 Å². The van der Waals surface area contributed by atoms with Crippen LogP contribution in [0.25, 0.3) is 0 Å². The molecule has 25 heavy (non-hydrogen) atoms. The van der Waals surface area contributed by atoms with Crippen molar-refractivity contribution in [2.24, 2.45) is 0 Å². The van der Waals surface area contributed by atoms with E-state index >= 15 is 0 Å². The van der Waals surface area contributed by atoms with E-state index in [0.29, 0.717) is 12.3 Å². The number of hydrogen-bond acceptors (Lipinski definition) is 3. The lowest BCUT2D eigenvalue weighted by molar-refractivity contribution is -0.120. The zero-order valence-corrected chi connectivity index (χ0v) is 14.9. The first kappa shape index (κ1) is 18.6. The minimum Gasteiger partial charge on any atom is -0.467 e. The highest BCUT2D eigenvalue weighted by atomic mass is 16.3. The minimum absolute atomic E-state index is 0.0756. The standard InChI is InChI=1S/C19H25N3O3/c1-14-7-4-5-9-16(14)19(2,3)13-22-17(23)12-21-18(24)20-11-15-8-6-10-25-15/h4-10H,11-13H2,1-3H3,(H,22,23)(H2,20,21,24). The van der Waals surface area contributed by atoms with E-state index in [1.165, 1.54) is 11.1 Å². The summed E-state index contributed by atoms with van der Waals surface area (Å²) in [6.45, 7) is 6.92. The van der Waals surface area contributed by atoms with Crippen molar-refractivity contribution in [1.29, 1.82) is 0 Å². The molecule has 6 nitrogen and oxygen atoms in total.